The van der Waals surface area contributed by atoms with Crippen molar-refractivity contribution in [3.8, 4) is 0 Å². The fraction of sp³-hybridized carbons (Fsp3) is 0.769. The Labute approximate surface area is 91.7 Å². The standard InChI is InChI=1S/C13H20O2/c1-8-5-11-12(13(11,3)4)6-10(8)7-15-9(2)14/h6,8,11-12H,5,7H2,1-4H3. The maximum atomic E-state index is 10.8. The van der Waals surface area contributed by atoms with Gasteiger partial charge in [0, 0.05) is 6.92 Å². The van der Waals surface area contributed by atoms with E-state index in [-0.39, 0.29) is 5.97 Å². The topological polar surface area (TPSA) is 26.3 Å². The van der Waals surface area contributed by atoms with Crippen molar-refractivity contribution in [3.63, 3.8) is 0 Å². The van der Waals surface area contributed by atoms with Crippen LogP contribution in [-0.2, 0) is 9.53 Å². The molecular weight excluding hydrogens is 188 g/mol. The highest BCUT2D eigenvalue weighted by Crippen LogP contribution is 2.64. The summed E-state index contributed by atoms with van der Waals surface area (Å²) in [6, 6.07) is 0. The molecule has 2 aliphatic carbocycles. The van der Waals surface area contributed by atoms with Crippen LogP contribution in [0.4, 0.5) is 0 Å². The number of allylic oxidation sites excluding steroid dienone is 1. The van der Waals surface area contributed by atoms with Crippen molar-refractivity contribution >= 4 is 5.97 Å². The van der Waals surface area contributed by atoms with Gasteiger partial charge in [0.15, 0.2) is 0 Å². The van der Waals surface area contributed by atoms with E-state index in [9.17, 15) is 4.79 Å². The fourth-order valence-corrected chi connectivity index (χ4v) is 2.87. The van der Waals surface area contributed by atoms with Crippen molar-refractivity contribution in [2.75, 3.05) is 6.61 Å². The zero-order valence-corrected chi connectivity index (χ0v) is 10.0. The third-order valence-electron chi connectivity index (χ3n) is 4.22. The number of rotatable bonds is 2. The fourth-order valence-electron chi connectivity index (χ4n) is 2.87. The Morgan fingerprint density at radius 1 is 1.60 bits per heavy atom. The zero-order chi connectivity index (χ0) is 11.2. The maximum absolute atomic E-state index is 10.8. The number of fused-ring (bicyclic) bond motifs is 1. The molecule has 0 aromatic rings. The summed E-state index contributed by atoms with van der Waals surface area (Å²) in [6.07, 6.45) is 3.60. The quantitative estimate of drug-likeness (QED) is 0.515. The lowest BCUT2D eigenvalue weighted by atomic mass is 9.89. The number of carbonyl (C=O) groups is 1. The minimum atomic E-state index is -0.180. The van der Waals surface area contributed by atoms with Gasteiger partial charge < -0.3 is 4.74 Å². The summed E-state index contributed by atoms with van der Waals surface area (Å²) in [4.78, 5) is 10.8. The Kier molecular flexibility index (Phi) is 2.40. The molecule has 0 amide bonds. The van der Waals surface area contributed by atoms with Crippen LogP contribution in [0, 0.1) is 23.2 Å². The number of esters is 1. The lowest BCUT2D eigenvalue weighted by Gasteiger charge is -2.19. The highest BCUT2D eigenvalue weighted by atomic mass is 16.5. The van der Waals surface area contributed by atoms with Crippen LogP contribution in [-0.4, -0.2) is 12.6 Å². The van der Waals surface area contributed by atoms with E-state index in [1.54, 1.807) is 0 Å². The molecule has 15 heavy (non-hydrogen) atoms. The maximum Gasteiger partial charge on any atom is 0.302 e. The first-order chi connectivity index (χ1) is 6.93. The minimum absolute atomic E-state index is 0.180. The molecule has 0 bridgehead atoms. The summed E-state index contributed by atoms with van der Waals surface area (Å²) >= 11 is 0. The lowest BCUT2D eigenvalue weighted by Crippen LogP contribution is -2.13. The number of hydrogen-bond donors (Lipinski definition) is 0. The molecule has 2 aliphatic rings. The van der Waals surface area contributed by atoms with Crippen LogP contribution in [0.5, 0.6) is 0 Å². The molecular formula is C13H20O2. The third kappa shape index (κ3) is 1.82. The van der Waals surface area contributed by atoms with E-state index < -0.39 is 0 Å². The predicted molar refractivity (Wildman–Crippen MR) is 59.3 cm³/mol. The van der Waals surface area contributed by atoms with Gasteiger partial charge in [0.1, 0.15) is 6.61 Å². The average Bonchev–Trinajstić information content (AvgIpc) is 2.64. The van der Waals surface area contributed by atoms with Gasteiger partial charge in [0.25, 0.3) is 0 Å². The Hall–Kier alpha value is -0.790. The SMILES string of the molecule is CC(=O)OCC1=CC2C(CC1C)C2(C)C. The monoisotopic (exact) mass is 208 g/mol. The zero-order valence-electron chi connectivity index (χ0n) is 10.0. The summed E-state index contributed by atoms with van der Waals surface area (Å²) in [5, 5.41) is 0. The van der Waals surface area contributed by atoms with E-state index in [0.29, 0.717) is 17.9 Å². The van der Waals surface area contributed by atoms with Crippen LogP contribution in [0.2, 0.25) is 0 Å². The van der Waals surface area contributed by atoms with Crippen LogP contribution >= 0.6 is 0 Å². The average molecular weight is 208 g/mol. The van der Waals surface area contributed by atoms with Crippen molar-refractivity contribution in [1.29, 1.82) is 0 Å². The van der Waals surface area contributed by atoms with E-state index in [1.165, 1.54) is 18.9 Å². The molecule has 3 unspecified atom stereocenters. The van der Waals surface area contributed by atoms with Gasteiger partial charge in [-0.1, -0.05) is 26.8 Å². The van der Waals surface area contributed by atoms with E-state index in [4.69, 9.17) is 4.74 Å². The Morgan fingerprint density at radius 2 is 2.27 bits per heavy atom. The van der Waals surface area contributed by atoms with Crippen LogP contribution < -0.4 is 0 Å². The number of ether oxygens (including phenoxy) is 1. The highest BCUT2D eigenvalue weighted by Gasteiger charge is 2.58. The van der Waals surface area contributed by atoms with Crippen molar-refractivity contribution < 1.29 is 9.53 Å². The second-order valence-corrected chi connectivity index (χ2v) is 5.61. The van der Waals surface area contributed by atoms with Gasteiger partial charge in [-0.2, -0.15) is 0 Å². The first-order valence-electron chi connectivity index (χ1n) is 5.77. The van der Waals surface area contributed by atoms with Crippen molar-refractivity contribution in [3.05, 3.63) is 11.6 Å². The molecule has 0 radical (unpaired) electrons. The Balaban J connectivity index is 2.02. The molecule has 1 saturated carbocycles. The van der Waals surface area contributed by atoms with Gasteiger partial charge in [0.2, 0.25) is 0 Å². The largest absolute Gasteiger partial charge is 0.461 e. The Bertz CT molecular complexity index is 314. The molecule has 0 aromatic heterocycles. The molecule has 3 atom stereocenters. The second kappa shape index (κ2) is 3.36. The van der Waals surface area contributed by atoms with Crippen LogP contribution in [0.15, 0.2) is 11.6 Å². The van der Waals surface area contributed by atoms with Gasteiger partial charge in [-0.15, -0.1) is 0 Å². The first kappa shape index (κ1) is 10.7. The second-order valence-electron chi connectivity index (χ2n) is 5.61. The van der Waals surface area contributed by atoms with Gasteiger partial charge in [0.05, 0.1) is 0 Å². The Morgan fingerprint density at radius 3 is 2.87 bits per heavy atom. The molecule has 1 fully saturated rings. The molecule has 0 N–H and O–H groups in total. The van der Waals surface area contributed by atoms with Gasteiger partial charge in [-0.05, 0) is 35.2 Å². The van der Waals surface area contributed by atoms with Crippen LogP contribution in [0.3, 0.4) is 0 Å². The number of carbonyl (C=O) groups excluding carboxylic acids is 1. The van der Waals surface area contributed by atoms with Gasteiger partial charge in [-0.3, -0.25) is 4.79 Å². The van der Waals surface area contributed by atoms with E-state index in [0.717, 1.165) is 11.8 Å². The molecule has 2 heteroatoms. The number of hydrogen-bond acceptors (Lipinski definition) is 2. The summed E-state index contributed by atoms with van der Waals surface area (Å²) in [7, 11) is 0. The van der Waals surface area contributed by atoms with Gasteiger partial charge >= 0.3 is 5.97 Å². The molecule has 2 nitrogen and oxygen atoms in total. The molecule has 0 aliphatic heterocycles. The van der Waals surface area contributed by atoms with Crippen LogP contribution in [0.25, 0.3) is 0 Å². The van der Waals surface area contributed by atoms with E-state index in [2.05, 4.69) is 26.8 Å². The first-order valence-corrected chi connectivity index (χ1v) is 5.77. The summed E-state index contributed by atoms with van der Waals surface area (Å²) < 4.78 is 5.08. The van der Waals surface area contributed by atoms with Crippen molar-refractivity contribution in [2.24, 2.45) is 23.2 Å². The van der Waals surface area contributed by atoms with Gasteiger partial charge in [-0.25, -0.2) is 0 Å². The minimum Gasteiger partial charge on any atom is -0.461 e. The van der Waals surface area contributed by atoms with E-state index in [1.807, 2.05) is 0 Å². The summed E-state index contributed by atoms with van der Waals surface area (Å²) in [5.74, 6) is 1.97. The molecule has 0 aromatic carbocycles. The van der Waals surface area contributed by atoms with Crippen molar-refractivity contribution in [2.45, 2.75) is 34.1 Å². The molecule has 2 rings (SSSR count). The highest BCUT2D eigenvalue weighted by molar-refractivity contribution is 5.66. The smallest absolute Gasteiger partial charge is 0.302 e. The predicted octanol–water partition coefficient (Wildman–Crippen LogP) is 2.79. The third-order valence-corrected chi connectivity index (χ3v) is 4.22. The molecule has 0 saturated heterocycles. The lowest BCUT2D eigenvalue weighted by molar-refractivity contribution is -0.140. The van der Waals surface area contributed by atoms with Crippen LogP contribution in [0.1, 0.15) is 34.1 Å². The summed E-state index contributed by atoms with van der Waals surface area (Å²) in [5.41, 5.74) is 1.80. The normalized spacial score (nSPS) is 36.5. The molecule has 0 heterocycles. The molecule has 0 spiro atoms. The molecule has 84 valence electrons. The van der Waals surface area contributed by atoms with E-state index >= 15 is 0 Å². The van der Waals surface area contributed by atoms with Crippen molar-refractivity contribution in [1.82, 2.24) is 0 Å². The summed E-state index contributed by atoms with van der Waals surface area (Å²) in [6.45, 7) is 8.87.